The Balaban J connectivity index is 2.12. The van der Waals surface area contributed by atoms with Crippen molar-refractivity contribution in [2.75, 3.05) is 13.7 Å². The largest absolute Gasteiger partial charge is 0.382 e. The Kier molecular flexibility index (Phi) is 4.60. The third-order valence-electron chi connectivity index (χ3n) is 2.75. The zero-order valence-electron chi connectivity index (χ0n) is 10.5. The highest BCUT2D eigenvalue weighted by Gasteiger charge is 2.16. The number of carbonyl (C=O) groups is 1. The Morgan fingerprint density at radius 2 is 2.11 bits per heavy atom. The first kappa shape index (κ1) is 13.6. The van der Waals surface area contributed by atoms with Gasteiger partial charge in [-0.05, 0) is 29.8 Å². The Labute approximate surface area is 116 Å². The van der Waals surface area contributed by atoms with Crippen LogP contribution in [-0.4, -0.2) is 24.6 Å². The first-order valence-electron chi connectivity index (χ1n) is 5.89. The smallest absolute Gasteiger partial charge is 0.268 e. The van der Waals surface area contributed by atoms with Crippen LogP contribution in [0.4, 0.5) is 0 Å². The lowest BCUT2D eigenvalue weighted by Crippen LogP contribution is -2.31. The summed E-state index contributed by atoms with van der Waals surface area (Å²) in [6.45, 7) is 0.397. The molecule has 0 radical (unpaired) electrons. The molecule has 0 bridgehead atoms. The fourth-order valence-electron chi connectivity index (χ4n) is 1.79. The molecule has 1 heterocycles. The number of halogens is 1. The van der Waals surface area contributed by atoms with Gasteiger partial charge in [0.15, 0.2) is 0 Å². The number of rotatable bonds is 5. The van der Waals surface area contributed by atoms with Gasteiger partial charge in [-0.15, -0.1) is 0 Å². The summed E-state index contributed by atoms with van der Waals surface area (Å²) in [5, 5.41) is 3.58. The molecule has 0 fully saturated rings. The van der Waals surface area contributed by atoms with Crippen molar-refractivity contribution in [3.63, 3.8) is 0 Å². The molecule has 2 rings (SSSR count). The molecule has 19 heavy (non-hydrogen) atoms. The predicted molar refractivity (Wildman–Crippen MR) is 74.3 cm³/mol. The molecule has 1 unspecified atom stereocenters. The molecule has 0 aliphatic carbocycles. The molecule has 4 nitrogen and oxygen atoms in total. The Morgan fingerprint density at radius 1 is 1.37 bits per heavy atom. The van der Waals surface area contributed by atoms with E-state index in [0.717, 1.165) is 5.56 Å². The lowest BCUT2D eigenvalue weighted by molar-refractivity contribution is 0.0892. The number of carbonyl (C=O) groups excluding carboxylic acids is 1. The van der Waals surface area contributed by atoms with Crippen LogP contribution in [0, 0.1) is 0 Å². The molecular formula is C14H15ClN2O2. The average molecular weight is 279 g/mol. The number of hydrogen-bond donors (Lipinski definition) is 2. The molecule has 1 aromatic heterocycles. The zero-order chi connectivity index (χ0) is 13.7. The maximum absolute atomic E-state index is 12.0. The molecule has 0 aliphatic rings. The van der Waals surface area contributed by atoms with Gasteiger partial charge in [-0.25, -0.2) is 0 Å². The molecule has 0 aliphatic heterocycles. The lowest BCUT2D eigenvalue weighted by Gasteiger charge is -2.18. The van der Waals surface area contributed by atoms with Crippen molar-refractivity contribution < 1.29 is 9.53 Å². The molecule has 2 aromatic rings. The quantitative estimate of drug-likeness (QED) is 0.884. The minimum absolute atomic E-state index is 0.165. The minimum Gasteiger partial charge on any atom is -0.382 e. The van der Waals surface area contributed by atoms with Gasteiger partial charge >= 0.3 is 0 Å². The Morgan fingerprint density at radius 3 is 2.68 bits per heavy atom. The van der Waals surface area contributed by atoms with Crippen LogP contribution < -0.4 is 5.32 Å². The molecule has 0 spiro atoms. The number of aromatic nitrogens is 1. The number of H-pyrrole nitrogens is 1. The van der Waals surface area contributed by atoms with Crippen molar-refractivity contribution >= 4 is 17.5 Å². The van der Waals surface area contributed by atoms with Crippen molar-refractivity contribution in [2.24, 2.45) is 0 Å². The lowest BCUT2D eigenvalue weighted by atomic mass is 10.1. The highest BCUT2D eigenvalue weighted by Crippen LogP contribution is 2.17. The second-order valence-corrected chi connectivity index (χ2v) is 4.55. The normalized spacial score (nSPS) is 12.1. The highest BCUT2D eigenvalue weighted by molar-refractivity contribution is 6.30. The number of methoxy groups -OCH3 is 1. The van der Waals surface area contributed by atoms with E-state index in [1.165, 1.54) is 0 Å². The second-order valence-electron chi connectivity index (χ2n) is 4.12. The van der Waals surface area contributed by atoms with E-state index in [-0.39, 0.29) is 11.9 Å². The summed E-state index contributed by atoms with van der Waals surface area (Å²) in [4.78, 5) is 14.9. The maximum Gasteiger partial charge on any atom is 0.268 e. The van der Waals surface area contributed by atoms with E-state index in [4.69, 9.17) is 16.3 Å². The molecule has 2 N–H and O–H groups in total. The molecule has 1 atom stereocenters. The number of benzene rings is 1. The van der Waals surface area contributed by atoms with Crippen LogP contribution in [-0.2, 0) is 4.74 Å². The van der Waals surface area contributed by atoms with Crippen molar-refractivity contribution in [1.29, 1.82) is 0 Å². The number of ether oxygens (including phenoxy) is 1. The number of aromatic amines is 1. The predicted octanol–water partition coefficient (Wildman–Crippen LogP) is 2.79. The molecule has 100 valence electrons. The van der Waals surface area contributed by atoms with E-state index in [0.29, 0.717) is 17.3 Å². The Hall–Kier alpha value is -1.78. The fourth-order valence-corrected chi connectivity index (χ4v) is 1.92. The van der Waals surface area contributed by atoms with Crippen LogP contribution in [0.15, 0.2) is 42.6 Å². The van der Waals surface area contributed by atoms with Crippen LogP contribution in [0.1, 0.15) is 22.1 Å². The Bertz CT molecular complexity index is 523. The van der Waals surface area contributed by atoms with E-state index < -0.39 is 0 Å². The van der Waals surface area contributed by atoms with E-state index in [1.807, 2.05) is 12.1 Å². The molecule has 5 heteroatoms. The van der Waals surface area contributed by atoms with Crippen molar-refractivity contribution in [1.82, 2.24) is 10.3 Å². The van der Waals surface area contributed by atoms with Crippen LogP contribution >= 0.6 is 11.6 Å². The standard InChI is InChI=1S/C14H15ClN2O2/c1-19-9-13(10-4-6-11(15)7-5-10)17-14(18)12-3-2-8-16-12/h2-8,13,16H,9H2,1H3,(H,17,18). The molecule has 0 saturated heterocycles. The van der Waals surface area contributed by atoms with E-state index in [9.17, 15) is 4.79 Å². The van der Waals surface area contributed by atoms with E-state index in [1.54, 1.807) is 37.6 Å². The summed E-state index contributed by atoms with van der Waals surface area (Å²) in [6.07, 6.45) is 1.71. The van der Waals surface area contributed by atoms with Gasteiger partial charge in [-0.1, -0.05) is 23.7 Å². The van der Waals surface area contributed by atoms with Gasteiger partial charge < -0.3 is 15.0 Å². The van der Waals surface area contributed by atoms with Crippen LogP contribution in [0.3, 0.4) is 0 Å². The van der Waals surface area contributed by atoms with Gasteiger partial charge in [0.1, 0.15) is 5.69 Å². The first-order chi connectivity index (χ1) is 9.20. The molecule has 1 amide bonds. The maximum atomic E-state index is 12.0. The second kappa shape index (κ2) is 6.41. The molecular weight excluding hydrogens is 264 g/mol. The van der Waals surface area contributed by atoms with Gasteiger partial charge in [-0.3, -0.25) is 4.79 Å². The number of hydrogen-bond acceptors (Lipinski definition) is 2. The molecule has 0 saturated carbocycles. The van der Waals surface area contributed by atoms with Gasteiger partial charge in [-0.2, -0.15) is 0 Å². The third kappa shape index (κ3) is 3.59. The van der Waals surface area contributed by atoms with Gasteiger partial charge in [0, 0.05) is 18.3 Å². The average Bonchev–Trinajstić information content (AvgIpc) is 2.93. The summed E-state index contributed by atoms with van der Waals surface area (Å²) in [7, 11) is 1.60. The third-order valence-corrected chi connectivity index (χ3v) is 3.01. The summed E-state index contributed by atoms with van der Waals surface area (Å²) in [5.74, 6) is -0.165. The van der Waals surface area contributed by atoms with Crippen LogP contribution in [0.25, 0.3) is 0 Å². The van der Waals surface area contributed by atoms with Crippen LogP contribution in [0.5, 0.6) is 0 Å². The summed E-state index contributed by atoms with van der Waals surface area (Å²) in [6, 6.07) is 10.6. The van der Waals surface area contributed by atoms with E-state index >= 15 is 0 Å². The monoisotopic (exact) mass is 278 g/mol. The van der Waals surface area contributed by atoms with Crippen molar-refractivity contribution in [3.8, 4) is 0 Å². The SMILES string of the molecule is COCC(NC(=O)c1ccc[nH]1)c1ccc(Cl)cc1. The first-order valence-corrected chi connectivity index (χ1v) is 6.27. The van der Waals surface area contributed by atoms with Crippen LogP contribution in [0.2, 0.25) is 5.02 Å². The summed E-state index contributed by atoms with van der Waals surface area (Å²) < 4.78 is 5.15. The topological polar surface area (TPSA) is 54.1 Å². The zero-order valence-corrected chi connectivity index (χ0v) is 11.3. The minimum atomic E-state index is -0.210. The van der Waals surface area contributed by atoms with Crippen molar-refractivity contribution in [3.05, 3.63) is 58.9 Å². The van der Waals surface area contributed by atoms with E-state index in [2.05, 4.69) is 10.3 Å². The molecule has 1 aromatic carbocycles. The van der Waals surface area contributed by atoms with Gasteiger partial charge in [0.2, 0.25) is 0 Å². The number of amides is 1. The number of nitrogens with one attached hydrogen (secondary N) is 2. The van der Waals surface area contributed by atoms with Crippen molar-refractivity contribution in [2.45, 2.75) is 6.04 Å². The van der Waals surface area contributed by atoms with Gasteiger partial charge in [0.05, 0.1) is 12.6 Å². The van der Waals surface area contributed by atoms with Gasteiger partial charge in [0.25, 0.3) is 5.91 Å². The summed E-state index contributed by atoms with van der Waals surface area (Å²) in [5.41, 5.74) is 1.47. The highest BCUT2D eigenvalue weighted by atomic mass is 35.5. The summed E-state index contributed by atoms with van der Waals surface area (Å²) >= 11 is 5.86. The fraction of sp³-hybridized carbons (Fsp3) is 0.214.